The van der Waals surface area contributed by atoms with Gasteiger partial charge in [-0.05, 0) is 50.5 Å². The fourth-order valence-corrected chi connectivity index (χ4v) is 3.06. The quantitative estimate of drug-likeness (QED) is 0.375. The number of nitrogens with one attached hydrogen (secondary N) is 2. The number of ether oxygens (including phenoxy) is 1. The van der Waals surface area contributed by atoms with Gasteiger partial charge in [-0.25, -0.2) is 4.39 Å². The highest BCUT2D eigenvalue weighted by Crippen LogP contribution is 2.15. The Kier molecular flexibility index (Phi) is 9.81. The molecule has 0 saturated carbocycles. The summed E-state index contributed by atoms with van der Waals surface area (Å²) in [4.78, 5) is 6.74. The van der Waals surface area contributed by atoms with E-state index in [0.717, 1.165) is 62.9 Å². The van der Waals surface area contributed by atoms with Crippen LogP contribution in [-0.2, 0) is 11.2 Å². The van der Waals surface area contributed by atoms with Gasteiger partial charge in [0, 0.05) is 38.8 Å². The van der Waals surface area contributed by atoms with Crippen LogP contribution in [0.1, 0.15) is 25.0 Å². The number of nitrogens with zero attached hydrogens (tertiary/aromatic N) is 2. The van der Waals surface area contributed by atoms with Crippen molar-refractivity contribution in [2.75, 3.05) is 46.4 Å². The molecular formula is C19H32FIN4O. The smallest absolute Gasteiger partial charge is 0.191 e. The minimum Gasteiger partial charge on any atom is -0.379 e. The first-order chi connectivity index (χ1) is 11.9. The molecule has 5 nitrogen and oxygen atoms in total. The molecule has 2 N–H and O–H groups in total. The minimum absolute atomic E-state index is 0. The van der Waals surface area contributed by atoms with Gasteiger partial charge in [0.1, 0.15) is 5.82 Å². The third-order valence-corrected chi connectivity index (χ3v) is 4.77. The van der Waals surface area contributed by atoms with Crippen LogP contribution in [-0.4, -0.2) is 62.8 Å². The molecule has 2 rings (SSSR count). The van der Waals surface area contributed by atoms with E-state index in [2.05, 4.69) is 34.4 Å². The number of morpholine rings is 1. The van der Waals surface area contributed by atoms with E-state index in [1.807, 2.05) is 13.0 Å². The predicted octanol–water partition coefficient (Wildman–Crippen LogP) is 2.57. The van der Waals surface area contributed by atoms with Crippen molar-refractivity contribution in [2.24, 2.45) is 4.99 Å². The van der Waals surface area contributed by atoms with E-state index < -0.39 is 0 Å². The maximum absolute atomic E-state index is 13.2. The molecule has 0 aromatic heterocycles. The zero-order chi connectivity index (χ0) is 18.3. The number of benzene rings is 1. The molecule has 0 aliphatic carbocycles. The molecule has 0 spiro atoms. The van der Waals surface area contributed by atoms with Gasteiger partial charge in [-0.15, -0.1) is 24.0 Å². The monoisotopic (exact) mass is 478 g/mol. The molecule has 0 amide bonds. The summed E-state index contributed by atoms with van der Waals surface area (Å²) in [7, 11) is 1.78. The molecule has 148 valence electrons. The van der Waals surface area contributed by atoms with Gasteiger partial charge in [-0.2, -0.15) is 0 Å². The molecular weight excluding hydrogens is 446 g/mol. The normalized spacial score (nSPS) is 16.1. The third-order valence-electron chi connectivity index (χ3n) is 4.77. The van der Waals surface area contributed by atoms with Crippen molar-refractivity contribution < 1.29 is 9.13 Å². The molecule has 0 radical (unpaired) electrons. The van der Waals surface area contributed by atoms with Crippen molar-refractivity contribution in [3.05, 3.63) is 35.1 Å². The van der Waals surface area contributed by atoms with Gasteiger partial charge in [0.2, 0.25) is 0 Å². The topological polar surface area (TPSA) is 48.9 Å². The van der Waals surface area contributed by atoms with E-state index in [9.17, 15) is 4.39 Å². The molecule has 1 aromatic carbocycles. The van der Waals surface area contributed by atoms with Gasteiger partial charge < -0.3 is 15.4 Å². The second-order valence-electron chi connectivity index (χ2n) is 7.09. The summed E-state index contributed by atoms with van der Waals surface area (Å²) in [5.74, 6) is 0.609. The Hall–Kier alpha value is -0.930. The average Bonchev–Trinajstić information content (AvgIpc) is 2.60. The zero-order valence-corrected chi connectivity index (χ0v) is 18.6. The summed E-state index contributed by atoms with van der Waals surface area (Å²) in [6.07, 6.45) is 0.833. The molecule has 7 heteroatoms. The molecule has 0 atom stereocenters. The summed E-state index contributed by atoms with van der Waals surface area (Å²) in [6.45, 7) is 11.5. The fourth-order valence-electron chi connectivity index (χ4n) is 3.06. The van der Waals surface area contributed by atoms with Crippen LogP contribution < -0.4 is 10.6 Å². The molecule has 1 heterocycles. The Bertz CT molecular complexity index is 589. The number of halogens is 2. The van der Waals surface area contributed by atoms with Crippen LogP contribution in [0.15, 0.2) is 23.2 Å². The highest BCUT2D eigenvalue weighted by molar-refractivity contribution is 14.0. The van der Waals surface area contributed by atoms with Gasteiger partial charge in [0.05, 0.1) is 13.2 Å². The Morgan fingerprint density at radius 1 is 1.27 bits per heavy atom. The first-order valence-corrected chi connectivity index (χ1v) is 8.95. The number of guanidine groups is 1. The molecule has 1 saturated heterocycles. The standard InChI is InChI=1S/C19H31FN4O.HI/c1-15-13-17(20)6-5-16(15)7-8-22-18(21-4)23-14-19(2,3)24-9-11-25-12-10-24;/h5-6,13H,7-12,14H2,1-4H3,(H2,21,22,23);1H. The maximum atomic E-state index is 13.2. The molecule has 26 heavy (non-hydrogen) atoms. The van der Waals surface area contributed by atoms with Gasteiger partial charge in [-0.1, -0.05) is 6.07 Å². The summed E-state index contributed by atoms with van der Waals surface area (Å²) in [5.41, 5.74) is 2.17. The Balaban J connectivity index is 0.00000338. The van der Waals surface area contributed by atoms with Crippen molar-refractivity contribution in [3.8, 4) is 0 Å². The van der Waals surface area contributed by atoms with Gasteiger partial charge in [0.25, 0.3) is 0 Å². The zero-order valence-electron chi connectivity index (χ0n) is 16.3. The highest BCUT2D eigenvalue weighted by atomic mass is 127. The van der Waals surface area contributed by atoms with E-state index >= 15 is 0 Å². The Labute approximate surface area is 173 Å². The Morgan fingerprint density at radius 2 is 1.96 bits per heavy atom. The number of hydrogen-bond donors (Lipinski definition) is 2. The average molecular weight is 478 g/mol. The van der Waals surface area contributed by atoms with E-state index in [-0.39, 0.29) is 35.3 Å². The van der Waals surface area contributed by atoms with Crippen LogP contribution in [0.25, 0.3) is 0 Å². The minimum atomic E-state index is -0.183. The van der Waals surface area contributed by atoms with Gasteiger partial charge in [0.15, 0.2) is 5.96 Å². The summed E-state index contributed by atoms with van der Waals surface area (Å²) < 4.78 is 18.6. The molecule has 1 fully saturated rings. The summed E-state index contributed by atoms with van der Waals surface area (Å²) in [6, 6.07) is 4.94. The summed E-state index contributed by atoms with van der Waals surface area (Å²) in [5, 5.41) is 6.75. The molecule has 1 aromatic rings. The van der Waals surface area contributed by atoms with Gasteiger partial charge >= 0.3 is 0 Å². The van der Waals surface area contributed by atoms with Crippen molar-refractivity contribution in [2.45, 2.75) is 32.7 Å². The SMILES string of the molecule is CN=C(NCCc1ccc(F)cc1C)NCC(C)(C)N1CCOCC1.I. The number of aryl methyl sites for hydroxylation is 1. The van der Waals surface area contributed by atoms with Crippen LogP contribution in [0, 0.1) is 12.7 Å². The third kappa shape index (κ3) is 7.00. The molecule has 1 aliphatic rings. The summed E-state index contributed by atoms with van der Waals surface area (Å²) >= 11 is 0. The molecule has 0 bridgehead atoms. The van der Waals surface area contributed by atoms with E-state index in [0.29, 0.717) is 0 Å². The highest BCUT2D eigenvalue weighted by Gasteiger charge is 2.28. The van der Waals surface area contributed by atoms with Crippen molar-refractivity contribution in [3.63, 3.8) is 0 Å². The van der Waals surface area contributed by atoms with Gasteiger partial charge in [-0.3, -0.25) is 9.89 Å². The second kappa shape index (κ2) is 11.0. The van der Waals surface area contributed by atoms with Crippen LogP contribution in [0.2, 0.25) is 0 Å². The predicted molar refractivity (Wildman–Crippen MR) is 116 cm³/mol. The fraction of sp³-hybridized carbons (Fsp3) is 0.632. The lowest BCUT2D eigenvalue weighted by molar-refractivity contribution is -0.00833. The second-order valence-corrected chi connectivity index (χ2v) is 7.09. The Morgan fingerprint density at radius 3 is 2.58 bits per heavy atom. The van der Waals surface area contributed by atoms with E-state index in [1.54, 1.807) is 13.1 Å². The lowest BCUT2D eigenvalue weighted by Crippen LogP contribution is -2.56. The maximum Gasteiger partial charge on any atom is 0.191 e. The number of aliphatic imine (C=N–C) groups is 1. The van der Waals surface area contributed by atoms with Crippen LogP contribution in [0.5, 0.6) is 0 Å². The number of rotatable bonds is 6. The van der Waals surface area contributed by atoms with Crippen LogP contribution in [0.4, 0.5) is 4.39 Å². The van der Waals surface area contributed by atoms with Crippen LogP contribution in [0.3, 0.4) is 0 Å². The largest absolute Gasteiger partial charge is 0.379 e. The molecule has 0 unspecified atom stereocenters. The lowest BCUT2D eigenvalue weighted by Gasteiger charge is -2.41. The van der Waals surface area contributed by atoms with E-state index in [1.165, 1.54) is 6.07 Å². The first kappa shape index (κ1) is 23.1. The van der Waals surface area contributed by atoms with Crippen molar-refractivity contribution >= 4 is 29.9 Å². The van der Waals surface area contributed by atoms with Crippen molar-refractivity contribution in [1.29, 1.82) is 0 Å². The van der Waals surface area contributed by atoms with E-state index in [4.69, 9.17) is 4.74 Å². The first-order valence-electron chi connectivity index (χ1n) is 8.95. The van der Waals surface area contributed by atoms with Crippen molar-refractivity contribution in [1.82, 2.24) is 15.5 Å². The lowest BCUT2D eigenvalue weighted by atomic mass is 10.0. The van der Waals surface area contributed by atoms with Crippen LogP contribution >= 0.6 is 24.0 Å². The molecule has 1 aliphatic heterocycles. The number of hydrogen-bond acceptors (Lipinski definition) is 3.